The maximum Gasteiger partial charge on any atom is 0.256 e. The predicted molar refractivity (Wildman–Crippen MR) is 107 cm³/mol. The van der Waals surface area contributed by atoms with Crippen LogP contribution >= 0.6 is 11.6 Å². The Morgan fingerprint density at radius 1 is 1.14 bits per heavy atom. The van der Waals surface area contributed by atoms with Crippen LogP contribution in [-0.2, 0) is 9.59 Å². The highest BCUT2D eigenvalue weighted by molar-refractivity contribution is 6.30. The number of aromatic nitrogens is 1. The van der Waals surface area contributed by atoms with Crippen molar-refractivity contribution in [1.29, 1.82) is 0 Å². The number of anilines is 2. The van der Waals surface area contributed by atoms with E-state index < -0.39 is 0 Å². The largest absolute Gasteiger partial charge is 0.339 e. The summed E-state index contributed by atoms with van der Waals surface area (Å²) in [7, 11) is 0. The van der Waals surface area contributed by atoms with Crippen molar-refractivity contribution in [2.75, 3.05) is 17.2 Å². The summed E-state index contributed by atoms with van der Waals surface area (Å²) >= 11 is 5.77. The van der Waals surface area contributed by atoms with Crippen molar-refractivity contribution in [3.05, 3.63) is 53.2 Å². The number of amides is 3. The maximum absolute atomic E-state index is 12.4. The molecule has 0 bridgehead atoms. The number of benzene rings is 1. The number of pyridine rings is 1. The molecule has 0 aliphatic carbocycles. The average molecular weight is 401 g/mol. The lowest BCUT2D eigenvalue weighted by molar-refractivity contribution is -0.129. The van der Waals surface area contributed by atoms with Gasteiger partial charge >= 0.3 is 0 Å². The van der Waals surface area contributed by atoms with E-state index in [-0.39, 0.29) is 36.1 Å². The molecule has 7 nitrogen and oxygen atoms in total. The van der Waals surface area contributed by atoms with E-state index in [0.29, 0.717) is 28.6 Å². The van der Waals surface area contributed by atoms with Crippen LogP contribution in [-0.4, -0.2) is 40.2 Å². The first kappa shape index (κ1) is 19.8. The van der Waals surface area contributed by atoms with Crippen molar-refractivity contribution < 1.29 is 14.4 Å². The minimum Gasteiger partial charge on any atom is -0.339 e. The highest BCUT2D eigenvalue weighted by atomic mass is 35.5. The fourth-order valence-electron chi connectivity index (χ4n) is 2.99. The monoisotopic (exact) mass is 400 g/mol. The highest BCUT2D eigenvalue weighted by Gasteiger charge is 2.35. The number of nitrogens with zero attached hydrogens (tertiary/aromatic N) is 2. The van der Waals surface area contributed by atoms with Gasteiger partial charge in [0.05, 0.1) is 10.9 Å². The lowest BCUT2D eigenvalue weighted by atomic mass is 10.1. The van der Waals surface area contributed by atoms with E-state index >= 15 is 0 Å². The zero-order valence-electron chi connectivity index (χ0n) is 15.6. The standard InChI is InChI=1S/C20H21ClN4O3/c1-12(2)25-11-14(9-18(25)26)20(28)23-16-6-3-13(4-7-16)19(27)24-17-8-5-15(21)10-22-17/h3-8,10,12,14H,9,11H2,1-2H3,(H,23,28)(H,22,24,27)/t14-/m1/s1. The number of halogens is 1. The third-order valence-corrected chi connectivity index (χ3v) is 4.76. The van der Waals surface area contributed by atoms with Crippen LogP contribution in [0, 0.1) is 5.92 Å². The number of rotatable bonds is 5. The number of carbonyl (C=O) groups excluding carboxylic acids is 3. The zero-order valence-corrected chi connectivity index (χ0v) is 16.4. The molecule has 2 heterocycles. The Labute approximate surface area is 168 Å². The number of carbonyl (C=O) groups is 3. The van der Waals surface area contributed by atoms with Gasteiger partial charge in [-0.15, -0.1) is 0 Å². The van der Waals surface area contributed by atoms with E-state index in [1.54, 1.807) is 41.3 Å². The van der Waals surface area contributed by atoms with Gasteiger partial charge in [-0.05, 0) is 50.2 Å². The van der Waals surface area contributed by atoms with Gasteiger partial charge < -0.3 is 15.5 Å². The van der Waals surface area contributed by atoms with Crippen molar-refractivity contribution in [3.63, 3.8) is 0 Å². The molecule has 0 unspecified atom stereocenters. The first-order chi connectivity index (χ1) is 13.3. The van der Waals surface area contributed by atoms with Gasteiger partial charge in [-0.3, -0.25) is 14.4 Å². The van der Waals surface area contributed by atoms with E-state index in [1.807, 2.05) is 13.8 Å². The van der Waals surface area contributed by atoms with Gasteiger partial charge in [0.2, 0.25) is 11.8 Å². The van der Waals surface area contributed by atoms with Gasteiger partial charge in [0, 0.05) is 36.5 Å². The lowest BCUT2D eigenvalue weighted by Gasteiger charge is -2.20. The van der Waals surface area contributed by atoms with Crippen LogP contribution in [0.2, 0.25) is 5.02 Å². The molecule has 2 N–H and O–H groups in total. The molecule has 1 aromatic carbocycles. The van der Waals surface area contributed by atoms with E-state index in [9.17, 15) is 14.4 Å². The summed E-state index contributed by atoms with van der Waals surface area (Å²) in [6, 6.07) is 9.86. The summed E-state index contributed by atoms with van der Waals surface area (Å²) in [5, 5.41) is 5.97. The van der Waals surface area contributed by atoms with E-state index in [4.69, 9.17) is 11.6 Å². The van der Waals surface area contributed by atoms with Crippen molar-refractivity contribution in [3.8, 4) is 0 Å². The zero-order chi connectivity index (χ0) is 20.3. The van der Waals surface area contributed by atoms with Crippen molar-refractivity contribution >= 4 is 40.8 Å². The molecule has 28 heavy (non-hydrogen) atoms. The number of nitrogens with one attached hydrogen (secondary N) is 2. The lowest BCUT2D eigenvalue weighted by Crippen LogP contribution is -2.33. The number of hydrogen-bond acceptors (Lipinski definition) is 4. The average Bonchev–Trinajstić information content (AvgIpc) is 3.06. The Balaban J connectivity index is 1.58. The van der Waals surface area contributed by atoms with Gasteiger partial charge in [-0.25, -0.2) is 4.98 Å². The smallest absolute Gasteiger partial charge is 0.256 e. The van der Waals surface area contributed by atoms with Crippen LogP contribution in [0.4, 0.5) is 11.5 Å². The molecule has 1 aliphatic rings. The summed E-state index contributed by atoms with van der Waals surface area (Å²) in [4.78, 5) is 42.4. The van der Waals surface area contributed by atoms with E-state index in [1.165, 1.54) is 6.20 Å². The first-order valence-corrected chi connectivity index (χ1v) is 9.34. The Bertz CT molecular complexity index is 881. The summed E-state index contributed by atoms with van der Waals surface area (Å²) < 4.78 is 0. The topological polar surface area (TPSA) is 91.4 Å². The van der Waals surface area contributed by atoms with Gasteiger partial charge in [-0.2, -0.15) is 0 Å². The second-order valence-electron chi connectivity index (χ2n) is 6.92. The molecule has 146 valence electrons. The molecule has 0 saturated carbocycles. The van der Waals surface area contributed by atoms with E-state index in [2.05, 4.69) is 15.6 Å². The Kier molecular flexibility index (Phi) is 5.94. The Morgan fingerprint density at radius 3 is 2.43 bits per heavy atom. The summed E-state index contributed by atoms with van der Waals surface area (Å²) in [5.41, 5.74) is 0.999. The van der Waals surface area contributed by atoms with Crippen LogP contribution in [0.25, 0.3) is 0 Å². The Hall–Kier alpha value is -2.93. The molecule has 0 radical (unpaired) electrons. The summed E-state index contributed by atoms with van der Waals surface area (Å²) in [6.45, 7) is 4.29. The molecule has 1 fully saturated rings. The van der Waals surface area contributed by atoms with Crippen LogP contribution in [0.3, 0.4) is 0 Å². The van der Waals surface area contributed by atoms with Crippen LogP contribution in [0.15, 0.2) is 42.6 Å². The van der Waals surface area contributed by atoms with Gasteiger partial charge in [0.25, 0.3) is 5.91 Å². The van der Waals surface area contributed by atoms with Crippen LogP contribution in [0.1, 0.15) is 30.6 Å². The van der Waals surface area contributed by atoms with Crippen LogP contribution < -0.4 is 10.6 Å². The predicted octanol–water partition coefficient (Wildman–Crippen LogP) is 3.18. The molecular weight excluding hydrogens is 380 g/mol. The van der Waals surface area contributed by atoms with E-state index in [0.717, 1.165) is 0 Å². The molecular formula is C20H21ClN4O3. The minimum atomic E-state index is -0.367. The molecule has 3 rings (SSSR count). The SMILES string of the molecule is CC(C)N1C[C@H](C(=O)Nc2ccc(C(=O)Nc3ccc(Cl)cn3)cc2)CC1=O. The fraction of sp³-hybridized carbons (Fsp3) is 0.300. The van der Waals surface area contributed by atoms with Gasteiger partial charge in [0.1, 0.15) is 5.82 Å². The first-order valence-electron chi connectivity index (χ1n) is 8.97. The molecule has 0 spiro atoms. The van der Waals surface area contributed by atoms with Crippen molar-refractivity contribution in [2.45, 2.75) is 26.3 Å². The van der Waals surface area contributed by atoms with Gasteiger partial charge in [0.15, 0.2) is 0 Å². The molecule has 3 amide bonds. The third-order valence-electron chi connectivity index (χ3n) is 4.54. The van der Waals surface area contributed by atoms with Crippen molar-refractivity contribution in [2.24, 2.45) is 5.92 Å². The number of hydrogen-bond donors (Lipinski definition) is 2. The second-order valence-corrected chi connectivity index (χ2v) is 7.36. The summed E-state index contributed by atoms with van der Waals surface area (Å²) in [6.07, 6.45) is 1.67. The quantitative estimate of drug-likeness (QED) is 0.806. The second kappa shape index (κ2) is 8.39. The number of likely N-dealkylation sites (tertiary alicyclic amines) is 1. The molecule has 1 saturated heterocycles. The minimum absolute atomic E-state index is 0.00187. The normalized spacial score (nSPS) is 16.4. The van der Waals surface area contributed by atoms with Crippen molar-refractivity contribution in [1.82, 2.24) is 9.88 Å². The molecule has 1 aliphatic heterocycles. The molecule has 8 heteroatoms. The molecule has 1 atom stereocenters. The Morgan fingerprint density at radius 2 is 1.86 bits per heavy atom. The highest BCUT2D eigenvalue weighted by Crippen LogP contribution is 2.22. The third kappa shape index (κ3) is 4.67. The molecule has 2 aromatic rings. The molecule has 1 aromatic heterocycles. The van der Waals surface area contributed by atoms with Crippen LogP contribution in [0.5, 0.6) is 0 Å². The van der Waals surface area contributed by atoms with Gasteiger partial charge in [-0.1, -0.05) is 11.6 Å². The maximum atomic E-state index is 12.4. The summed E-state index contributed by atoms with van der Waals surface area (Å²) in [5.74, 6) is -0.486. The fourth-order valence-corrected chi connectivity index (χ4v) is 3.11.